The summed E-state index contributed by atoms with van der Waals surface area (Å²) in [5, 5.41) is 0. The van der Waals surface area contributed by atoms with Crippen LogP contribution in [0.4, 0.5) is 0 Å². The molecule has 2 nitrogen and oxygen atoms in total. The van der Waals surface area contributed by atoms with Gasteiger partial charge in [-0.3, -0.25) is 0 Å². The van der Waals surface area contributed by atoms with Crippen LogP contribution in [-0.2, 0) is 0 Å². The van der Waals surface area contributed by atoms with E-state index in [4.69, 9.17) is 11.5 Å². The number of halogens is 2. The van der Waals surface area contributed by atoms with Crippen LogP contribution in [0.25, 0.3) is 0 Å². The maximum Gasteiger partial charge on any atom is 0.0556 e. The van der Waals surface area contributed by atoms with Crippen LogP contribution in [0.3, 0.4) is 0 Å². The molecule has 0 unspecified atom stereocenters. The molecule has 0 heterocycles. The summed E-state index contributed by atoms with van der Waals surface area (Å²) in [7, 11) is 0. The van der Waals surface area contributed by atoms with Crippen LogP contribution >= 0.6 is 34.0 Å². The molecule has 0 saturated heterocycles. The molecule has 0 aliphatic rings. The lowest BCUT2D eigenvalue weighted by molar-refractivity contribution is 0.717. The molecule has 10 heavy (non-hydrogen) atoms. The van der Waals surface area contributed by atoms with Gasteiger partial charge in [0.25, 0.3) is 0 Å². The largest absolute Gasteiger partial charge is 0.316 e. The van der Waals surface area contributed by atoms with E-state index in [0.29, 0.717) is 0 Å². The third-order valence-electron chi connectivity index (χ3n) is 0.798. The molecule has 4 N–H and O–H groups in total. The van der Waals surface area contributed by atoms with Crippen LogP contribution < -0.4 is 11.5 Å². The highest BCUT2D eigenvalue weighted by Crippen LogP contribution is 1.91. The molecule has 0 amide bonds. The Balaban J connectivity index is -0.000000245. The summed E-state index contributed by atoms with van der Waals surface area (Å²) < 4.78 is 0. The monoisotopic (exact) mass is 274 g/mol. The van der Waals surface area contributed by atoms with Crippen molar-refractivity contribution in [2.24, 2.45) is 11.5 Å². The van der Waals surface area contributed by atoms with E-state index >= 15 is 0 Å². The van der Waals surface area contributed by atoms with Gasteiger partial charge in [0, 0.05) is 0 Å². The summed E-state index contributed by atoms with van der Waals surface area (Å²) in [6, 6.07) is 0. The quantitative estimate of drug-likeness (QED) is 0.596. The zero-order chi connectivity index (χ0) is 6.57. The SMILES string of the molecule is Br.Br.CC(C)=CCC(N)N. The molecule has 0 atom stereocenters. The van der Waals surface area contributed by atoms with E-state index in [9.17, 15) is 0 Å². The first-order valence-electron chi connectivity index (χ1n) is 2.77. The lowest BCUT2D eigenvalue weighted by Crippen LogP contribution is -2.29. The second-order valence-corrected chi connectivity index (χ2v) is 2.18. The fourth-order valence-corrected chi connectivity index (χ4v) is 0.372. The van der Waals surface area contributed by atoms with Crippen molar-refractivity contribution in [1.82, 2.24) is 0 Å². The van der Waals surface area contributed by atoms with Gasteiger partial charge >= 0.3 is 0 Å². The molecular formula is C6H16Br2N2. The zero-order valence-electron chi connectivity index (χ0n) is 6.33. The van der Waals surface area contributed by atoms with Crippen LogP contribution in [0.1, 0.15) is 20.3 Å². The molecule has 0 fully saturated rings. The molecule has 0 aromatic heterocycles. The first kappa shape index (κ1) is 16.9. The van der Waals surface area contributed by atoms with Crippen molar-refractivity contribution in [3.8, 4) is 0 Å². The minimum Gasteiger partial charge on any atom is -0.316 e. The fraction of sp³-hybridized carbons (Fsp3) is 0.667. The first-order valence-corrected chi connectivity index (χ1v) is 2.77. The molecule has 0 saturated carbocycles. The van der Waals surface area contributed by atoms with E-state index in [-0.39, 0.29) is 40.1 Å². The standard InChI is InChI=1S/C6H14N2.2BrH/c1-5(2)3-4-6(7)8;;/h3,6H,4,7-8H2,1-2H3;2*1H. The Hall–Kier alpha value is 0.620. The van der Waals surface area contributed by atoms with Gasteiger partial charge in [-0.05, 0) is 20.3 Å². The van der Waals surface area contributed by atoms with Crippen molar-refractivity contribution >= 4 is 34.0 Å². The Morgan fingerprint density at radius 1 is 1.30 bits per heavy atom. The molecule has 4 heteroatoms. The minimum atomic E-state index is -0.190. The molecule has 0 aliphatic carbocycles. The van der Waals surface area contributed by atoms with Crippen molar-refractivity contribution in [3.63, 3.8) is 0 Å². The van der Waals surface area contributed by atoms with Crippen LogP contribution in [0.5, 0.6) is 0 Å². The summed E-state index contributed by atoms with van der Waals surface area (Å²) >= 11 is 0. The smallest absolute Gasteiger partial charge is 0.0556 e. The van der Waals surface area contributed by atoms with E-state index in [2.05, 4.69) is 0 Å². The van der Waals surface area contributed by atoms with Gasteiger partial charge < -0.3 is 11.5 Å². The van der Waals surface area contributed by atoms with Gasteiger partial charge in [0.2, 0.25) is 0 Å². The van der Waals surface area contributed by atoms with Crippen molar-refractivity contribution < 1.29 is 0 Å². The first-order chi connectivity index (χ1) is 3.63. The number of hydrogen-bond donors (Lipinski definition) is 2. The van der Waals surface area contributed by atoms with Crippen LogP contribution in [0.2, 0.25) is 0 Å². The average Bonchev–Trinajstić information content (AvgIpc) is 1.61. The molecule has 0 spiro atoms. The molecular weight excluding hydrogens is 260 g/mol. The molecule has 0 aromatic rings. The van der Waals surface area contributed by atoms with Crippen molar-refractivity contribution in [2.75, 3.05) is 0 Å². The highest BCUT2D eigenvalue weighted by molar-refractivity contribution is 8.93. The van der Waals surface area contributed by atoms with Gasteiger partial charge in [-0.25, -0.2) is 0 Å². The van der Waals surface area contributed by atoms with E-state index in [1.807, 2.05) is 19.9 Å². The number of rotatable bonds is 2. The predicted molar refractivity (Wildman–Crippen MR) is 56.9 cm³/mol. The van der Waals surface area contributed by atoms with Crippen molar-refractivity contribution in [3.05, 3.63) is 11.6 Å². The normalized spacial score (nSPS) is 7.70. The highest BCUT2D eigenvalue weighted by atomic mass is 79.9. The zero-order valence-corrected chi connectivity index (χ0v) is 9.76. The van der Waals surface area contributed by atoms with E-state index in [1.165, 1.54) is 5.57 Å². The van der Waals surface area contributed by atoms with Crippen LogP contribution in [0, 0.1) is 0 Å². The summed E-state index contributed by atoms with van der Waals surface area (Å²) in [6.07, 6.45) is 2.62. The molecule has 0 radical (unpaired) electrons. The maximum atomic E-state index is 5.27. The third-order valence-corrected chi connectivity index (χ3v) is 0.798. The molecule has 0 bridgehead atoms. The van der Waals surface area contributed by atoms with Gasteiger partial charge in [-0.2, -0.15) is 0 Å². The molecule has 0 aromatic carbocycles. The lowest BCUT2D eigenvalue weighted by atomic mass is 10.2. The second kappa shape index (κ2) is 9.62. The predicted octanol–water partition coefficient (Wildman–Crippen LogP) is 1.74. The third kappa shape index (κ3) is 15.8. The van der Waals surface area contributed by atoms with Crippen molar-refractivity contribution in [2.45, 2.75) is 26.4 Å². The van der Waals surface area contributed by atoms with Crippen LogP contribution in [-0.4, -0.2) is 6.17 Å². The second-order valence-electron chi connectivity index (χ2n) is 2.18. The van der Waals surface area contributed by atoms with E-state index in [1.54, 1.807) is 0 Å². The number of hydrogen-bond acceptors (Lipinski definition) is 2. The Morgan fingerprint density at radius 3 is 1.80 bits per heavy atom. The number of nitrogens with two attached hydrogens (primary N) is 2. The van der Waals surface area contributed by atoms with E-state index < -0.39 is 0 Å². The summed E-state index contributed by atoms with van der Waals surface area (Å²) in [5.41, 5.74) is 11.8. The Morgan fingerprint density at radius 2 is 1.70 bits per heavy atom. The van der Waals surface area contributed by atoms with E-state index in [0.717, 1.165) is 6.42 Å². The maximum absolute atomic E-state index is 5.27. The minimum absolute atomic E-state index is 0. The lowest BCUT2D eigenvalue weighted by Gasteiger charge is -1.98. The van der Waals surface area contributed by atoms with Gasteiger partial charge in [0.05, 0.1) is 6.17 Å². The Kier molecular flexibility index (Phi) is 16.3. The average molecular weight is 276 g/mol. The highest BCUT2D eigenvalue weighted by Gasteiger charge is 1.86. The Labute approximate surface area is 83.6 Å². The van der Waals surface area contributed by atoms with Crippen molar-refractivity contribution in [1.29, 1.82) is 0 Å². The van der Waals surface area contributed by atoms with Gasteiger partial charge in [-0.15, -0.1) is 34.0 Å². The fourth-order valence-electron chi connectivity index (χ4n) is 0.372. The van der Waals surface area contributed by atoms with Gasteiger partial charge in [0.1, 0.15) is 0 Å². The summed E-state index contributed by atoms with van der Waals surface area (Å²) in [4.78, 5) is 0. The molecule has 0 aliphatic heterocycles. The molecule has 64 valence electrons. The van der Waals surface area contributed by atoms with Crippen LogP contribution in [0.15, 0.2) is 11.6 Å². The van der Waals surface area contributed by atoms with Gasteiger partial charge in [-0.1, -0.05) is 11.6 Å². The summed E-state index contributed by atoms with van der Waals surface area (Å²) in [5.74, 6) is 0. The number of allylic oxidation sites excluding steroid dienone is 1. The topological polar surface area (TPSA) is 52.0 Å². The Bertz CT molecular complexity index is 87.7. The molecule has 0 rings (SSSR count). The summed E-state index contributed by atoms with van der Waals surface area (Å²) in [6.45, 7) is 4.06. The van der Waals surface area contributed by atoms with Gasteiger partial charge in [0.15, 0.2) is 0 Å².